The molecule has 6 atom stereocenters. The molecule has 0 amide bonds. The van der Waals surface area contributed by atoms with Gasteiger partial charge in [0.25, 0.3) is 0 Å². The molecule has 2 saturated heterocycles. The van der Waals surface area contributed by atoms with Gasteiger partial charge in [0.15, 0.2) is 11.6 Å². The summed E-state index contributed by atoms with van der Waals surface area (Å²) in [5, 5.41) is 29.6. The molecule has 1 aliphatic carbocycles. The van der Waals surface area contributed by atoms with Crippen molar-refractivity contribution < 1.29 is 48.0 Å². The quantitative estimate of drug-likeness (QED) is 0.187. The van der Waals surface area contributed by atoms with E-state index in [0.717, 1.165) is 25.7 Å². The first-order valence-corrected chi connectivity index (χ1v) is 15.2. The van der Waals surface area contributed by atoms with E-state index in [4.69, 9.17) is 35.4 Å². The first-order valence-electron chi connectivity index (χ1n) is 11.2. The molecule has 6 N–H and O–H groups in total. The van der Waals surface area contributed by atoms with Crippen LogP contribution in [0.3, 0.4) is 0 Å². The molecule has 3 fully saturated rings. The Hall–Kier alpha value is -1.22. The number of rotatable bonds is 8. The predicted molar refractivity (Wildman–Crippen MR) is 123 cm³/mol. The molecule has 3 aliphatic rings. The normalized spacial score (nSPS) is 32.7. The molecule has 2 aromatic heterocycles. The van der Waals surface area contributed by atoms with Crippen LogP contribution >= 0.6 is 26.8 Å². The lowest BCUT2D eigenvalue weighted by molar-refractivity contribution is -0.310. The number of aliphatic hydroxyl groups excluding tert-OH is 2. The van der Waals surface area contributed by atoms with Crippen molar-refractivity contribution in [3.05, 3.63) is 11.5 Å². The molecule has 5 rings (SSSR count). The number of anilines is 1. The van der Waals surface area contributed by atoms with Gasteiger partial charge in [-0.1, -0.05) is 12.8 Å². The molecule has 1 saturated carbocycles. The highest BCUT2D eigenvalue weighted by Crippen LogP contribution is 2.57. The highest BCUT2D eigenvalue weighted by molar-refractivity contribution is 7.70. The summed E-state index contributed by atoms with van der Waals surface area (Å²) in [6.07, 6.45) is -0.103. The van der Waals surface area contributed by atoms with Gasteiger partial charge in [0, 0.05) is 6.04 Å². The van der Waals surface area contributed by atoms with Gasteiger partial charge in [0.05, 0.1) is 18.2 Å². The van der Waals surface area contributed by atoms with E-state index in [0.29, 0.717) is 16.9 Å². The first kappa shape index (κ1) is 26.4. The lowest BCUT2D eigenvalue weighted by atomic mass is 10.0. The lowest BCUT2D eigenvalue weighted by Crippen LogP contribution is -2.52. The Morgan fingerprint density at radius 2 is 1.94 bits per heavy atom. The maximum absolute atomic E-state index is 12.2. The highest BCUT2D eigenvalue weighted by atomic mass is 35.5. The number of halogens is 1. The van der Waals surface area contributed by atoms with E-state index in [1.807, 2.05) is 0 Å². The maximum atomic E-state index is 12.2. The molecular weight excluding hydrogens is 544 g/mol. The number of nitrogens with zero attached hydrogens (tertiary/aromatic N) is 4. The molecule has 0 aromatic carbocycles. The summed E-state index contributed by atoms with van der Waals surface area (Å²) in [7, 11) is -9.63. The molecule has 200 valence electrons. The van der Waals surface area contributed by atoms with Crippen molar-refractivity contribution >= 4 is 43.6 Å². The Bertz CT molecular complexity index is 1240. The van der Waals surface area contributed by atoms with Gasteiger partial charge in [0.1, 0.15) is 36.8 Å². The molecule has 2 aromatic rings. The Morgan fingerprint density at radius 3 is 2.64 bits per heavy atom. The van der Waals surface area contributed by atoms with Crippen molar-refractivity contribution in [2.75, 3.05) is 17.8 Å². The molecule has 2 aliphatic heterocycles. The summed E-state index contributed by atoms with van der Waals surface area (Å²) >= 11 is 6.16. The number of aliphatic hydroxyl groups is 2. The molecule has 36 heavy (non-hydrogen) atoms. The lowest BCUT2D eigenvalue weighted by Gasteiger charge is -2.38. The summed E-state index contributed by atoms with van der Waals surface area (Å²) in [6.45, 7) is -0.638. The summed E-state index contributed by atoms with van der Waals surface area (Å²) < 4.78 is 41.1. The van der Waals surface area contributed by atoms with Gasteiger partial charge >= 0.3 is 15.2 Å². The fraction of sp³-hybridized carbons (Fsp3) is 0.722. The molecular formula is C18H26ClN5O10P2. The minimum atomic E-state index is -4.87. The monoisotopic (exact) mass is 569 g/mol. The number of aromatic nitrogens is 4. The van der Waals surface area contributed by atoms with Crippen LogP contribution in [0.1, 0.15) is 25.7 Å². The minimum absolute atomic E-state index is 0.0187. The van der Waals surface area contributed by atoms with Crippen molar-refractivity contribution in [2.24, 2.45) is 0 Å². The van der Waals surface area contributed by atoms with Crippen LogP contribution in [0.2, 0.25) is 5.28 Å². The predicted octanol–water partition coefficient (Wildman–Crippen LogP) is 0.387. The minimum Gasteiger partial charge on any atom is -0.387 e. The maximum Gasteiger partial charge on any atom is 0.340 e. The van der Waals surface area contributed by atoms with Gasteiger partial charge in [-0.3, -0.25) is 13.7 Å². The second kappa shape index (κ2) is 9.51. The van der Waals surface area contributed by atoms with Crippen molar-refractivity contribution in [1.82, 2.24) is 19.7 Å². The molecule has 0 spiro atoms. The van der Waals surface area contributed by atoms with E-state index in [-0.39, 0.29) is 17.9 Å². The Morgan fingerprint density at radius 1 is 1.22 bits per heavy atom. The van der Waals surface area contributed by atoms with Gasteiger partial charge in [-0.05, 0) is 24.4 Å². The van der Waals surface area contributed by atoms with Crippen molar-refractivity contribution in [3.63, 3.8) is 0 Å². The summed E-state index contributed by atoms with van der Waals surface area (Å²) in [5.74, 6) is -2.69. The van der Waals surface area contributed by atoms with E-state index in [9.17, 15) is 24.2 Å². The molecule has 2 bridgehead atoms. The molecule has 1 unspecified atom stereocenters. The largest absolute Gasteiger partial charge is 0.387 e. The smallest absolute Gasteiger partial charge is 0.340 e. The average Bonchev–Trinajstić information content (AvgIpc) is 3.46. The van der Waals surface area contributed by atoms with Crippen LogP contribution in [-0.4, -0.2) is 93.4 Å². The standard InChI is InChI=1S/C18H26ClN5O10P2/c19-17-22-15(21-9-3-1-2-4-9)10-5-20-24(16(10)23-17)7-18-14(26)12(25)13(33-18)11(6-32-18)34-36(30,31)8-35(27,28)29/h5,9,11-14,25-26H,1-4,6-8H2,(H,30,31)(H,21,22,23)(H2,27,28,29)/t11-,12+,13+,14+,18+/m0/s1. The van der Waals surface area contributed by atoms with Gasteiger partial charge in [-0.25, -0.2) is 4.68 Å². The summed E-state index contributed by atoms with van der Waals surface area (Å²) in [6, 6.07) is 0.253. The number of hydrogen-bond acceptors (Lipinski definition) is 11. The number of fused-ring (bicyclic) bond motifs is 3. The van der Waals surface area contributed by atoms with E-state index in [2.05, 4.69) is 20.4 Å². The zero-order chi connectivity index (χ0) is 25.9. The number of ether oxygens (including phenoxy) is 2. The number of hydrogen-bond donors (Lipinski definition) is 6. The zero-order valence-corrected chi connectivity index (χ0v) is 21.3. The third kappa shape index (κ3) is 5.20. The molecule has 15 nitrogen and oxygen atoms in total. The van der Waals surface area contributed by atoms with Crippen LogP contribution in [0.4, 0.5) is 5.82 Å². The number of nitrogens with one attached hydrogen (secondary N) is 1. The third-order valence-electron chi connectivity index (χ3n) is 6.50. The topological polar surface area (TPSA) is 219 Å². The van der Waals surface area contributed by atoms with Gasteiger partial charge in [0.2, 0.25) is 11.1 Å². The summed E-state index contributed by atoms with van der Waals surface area (Å²) in [5.41, 5.74) is 0.335. The Balaban J connectivity index is 1.37. The van der Waals surface area contributed by atoms with Crippen LogP contribution in [0.15, 0.2) is 6.20 Å². The van der Waals surface area contributed by atoms with Gasteiger partial charge in [-0.2, -0.15) is 15.1 Å². The SMILES string of the molecule is O=P(O)(O)CP(=O)(O)O[C@H]1CO[C@]2(Cn3ncc4c(NC5CCCC5)nc(Cl)nc43)O[C@H]1[C@@H](O)[C@H]2O. The van der Waals surface area contributed by atoms with Crippen LogP contribution in [0.25, 0.3) is 11.0 Å². The first-order chi connectivity index (χ1) is 16.9. The molecule has 18 heteroatoms. The highest BCUT2D eigenvalue weighted by Gasteiger charge is 2.62. The van der Waals surface area contributed by atoms with Crippen LogP contribution in [-0.2, 0) is 29.7 Å². The van der Waals surface area contributed by atoms with E-state index in [1.54, 1.807) is 0 Å². The van der Waals surface area contributed by atoms with Crippen LogP contribution in [0.5, 0.6) is 0 Å². The molecule has 0 radical (unpaired) electrons. The van der Waals surface area contributed by atoms with E-state index in [1.165, 1.54) is 10.9 Å². The molecule has 4 heterocycles. The van der Waals surface area contributed by atoms with Gasteiger partial charge in [-0.15, -0.1) is 0 Å². The Labute approximate surface area is 209 Å². The van der Waals surface area contributed by atoms with E-state index >= 15 is 0 Å². The van der Waals surface area contributed by atoms with Crippen LogP contribution in [0, 0.1) is 0 Å². The average molecular weight is 570 g/mol. The van der Waals surface area contributed by atoms with Gasteiger partial charge < -0.3 is 39.7 Å². The van der Waals surface area contributed by atoms with Crippen molar-refractivity contribution in [2.45, 2.75) is 68.5 Å². The van der Waals surface area contributed by atoms with Crippen molar-refractivity contribution in [1.29, 1.82) is 0 Å². The Kier molecular flexibility index (Phi) is 6.97. The second-order valence-corrected chi connectivity index (χ2v) is 13.5. The van der Waals surface area contributed by atoms with Crippen molar-refractivity contribution in [3.8, 4) is 0 Å². The van der Waals surface area contributed by atoms with E-state index < -0.39 is 57.9 Å². The summed E-state index contributed by atoms with van der Waals surface area (Å²) in [4.78, 5) is 36.4. The fourth-order valence-electron chi connectivity index (χ4n) is 4.91. The van der Waals surface area contributed by atoms with Crippen LogP contribution < -0.4 is 5.32 Å². The zero-order valence-electron chi connectivity index (χ0n) is 18.8. The fourth-order valence-corrected chi connectivity index (χ4v) is 7.81. The third-order valence-corrected chi connectivity index (χ3v) is 10.2. The second-order valence-electron chi connectivity index (χ2n) is 9.23.